The number of nitrogens with zero attached hydrogens (tertiary/aromatic N) is 1. The minimum atomic E-state index is -0.657. The van der Waals surface area contributed by atoms with E-state index in [4.69, 9.17) is 5.26 Å². The molecule has 0 fully saturated rings. The second-order valence-corrected chi connectivity index (χ2v) is 2.39. The van der Waals surface area contributed by atoms with Gasteiger partial charge in [0.25, 0.3) is 0 Å². The first-order valence-corrected chi connectivity index (χ1v) is 3.57. The van der Waals surface area contributed by atoms with Crippen LogP contribution < -0.4 is 0 Å². The van der Waals surface area contributed by atoms with Crippen molar-refractivity contribution >= 4 is 0 Å². The Morgan fingerprint density at radius 1 is 1.33 bits per heavy atom. The lowest BCUT2D eigenvalue weighted by atomic mass is 10.1. The highest BCUT2D eigenvalue weighted by atomic mass is 19.1. The summed E-state index contributed by atoms with van der Waals surface area (Å²) >= 11 is 0. The Morgan fingerprint density at radius 3 is 2.50 bits per heavy atom. The first-order valence-electron chi connectivity index (χ1n) is 3.57. The summed E-state index contributed by atoms with van der Waals surface area (Å²) in [6.07, 6.45) is 0.425. The van der Waals surface area contributed by atoms with Gasteiger partial charge in [-0.3, -0.25) is 0 Å². The van der Waals surface area contributed by atoms with Crippen LogP contribution in [0.4, 0.5) is 8.78 Å². The fourth-order valence-corrected chi connectivity index (χ4v) is 0.945. The van der Waals surface area contributed by atoms with E-state index in [2.05, 4.69) is 0 Å². The van der Waals surface area contributed by atoms with Crippen molar-refractivity contribution in [3.8, 4) is 6.07 Å². The van der Waals surface area contributed by atoms with Crippen LogP contribution in [0.3, 0.4) is 0 Å². The quantitative estimate of drug-likeness (QED) is 0.630. The predicted molar refractivity (Wildman–Crippen MR) is 40.5 cm³/mol. The number of benzene rings is 1. The lowest BCUT2D eigenvalue weighted by Gasteiger charge is -2.00. The Hall–Kier alpha value is -1.43. The third-order valence-electron chi connectivity index (χ3n) is 1.64. The van der Waals surface area contributed by atoms with Crippen LogP contribution in [0.2, 0.25) is 0 Å². The van der Waals surface area contributed by atoms with Crippen LogP contribution in [0.15, 0.2) is 12.1 Å². The molecule has 12 heavy (non-hydrogen) atoms. The minimum Gasteiger partial charge on any atom is -0.207 e. The monoisotopic (exact) mass is 167 g/mol. The topological polar surface area (TPSA) is 23.8 Å². The molecule has 1 nitrogen and oxygen atoms in total. The van der Waals surface area contributed by atoms with Gasteiger partial charge in [0.05, 0.1) is 5.56 Å². The molecule has 0 aliphatic carbocycles. The van der Waals surface area contributed by atoms with E-state index in [-0.39, 0.29) is 5.56 Å². The molecular formula is C9H7F2N. The number of halogens is 2. The van der Waals surface area contributed by atoms with E-state index < -0.39 is 11.6 Å². The number of aryl methyl sites for hydroxylation is 1. The van der Waals surface area contributed by atoms with E-state index in [1.54, 1.807) is 13.0 Å². The molecule has 0 saturated carbocycles. The zero-order chi connectivity index (χ0) is 9.14. The smallest absolute Gasteiger partial charge is 0.141 e. The molecular weight excluding hydrogens is 160 g/mol. The van der Waals surface area contributed by atoms with Gasteiger partial charge >= 0.3 is 0 Å². The number of nitriles is 1. The first-order chi connectivity index (χ1) is 5.69. The van der Waals surface area contributed by atoms with Crippen molar-refractivity contribution in [2.75, 3.05) is 0 Å². The number of hydrogen-bond acceptors (Lipinski definition) is 1. The van der Waals surface area contributed by atoms with Gasteiger partial charge in [-0.05, 0) is 24.1 Å². The zero-order valence-corrected chi connectivity index (χ0v) is 6.56. The molecule has 0 unspecified atom stereocenters. The summed E-state index contributed by atoms with van der Waals surface area (Å²) in [5.74, 6) is -1.17. The normalized spacial score (nSPS) is 9.50. The van der Waals surface area contributed by atoms with Crippen molar-refractivity contribution in [3.05, 3.63) is 34.9 Å². The van der Waals surface area contributed by atoms with E-state index >= 15 is 0 Å². The second kappa shape index (κ2) is 3.31. The van der Waals surface area contributed by atoms with Crippen molar-refractivity contribution in [3.63, 3.8) is 0 Å². The lowest BCUT2D eigenvalue weighted by Crippen LogP contribution is -1.93. The van der Waals surface area contributed by atoms with Crippen LogP contribution in [-0.2, 0) is 6.42 Å². The zero-order valence-electron chi connectivity index (χ0n) is 6.56. The third kappa shape index (κ3) is 1.42. The molecule has 0 aliphatic rings. The van der Waals surface area contributed by atoms with Crippen LogP contribution in [0.1, 0.15) is 18.1 Å². The van der Waals surface area contributed by atoms with Crippen LogP contribution in [0.5, 0.6) is 0 Å². The molecule has 0 bridgehead atoms. The molecule has 0 spiro atoms. The maximum absolute atomic E-state index is 12.9. The van der Waals surface area contributed by atoms with Crippen molar-refractivity contribution in [2.24, 2.45) is 0 Å². The molecule has 1 aromatic rings. The summed E-state index contributed by atoms with van der Waals surface area (Å²) < 4.78 is 25.7. The standard InChI is InChI=1S/C9H7F2N/c1-2-6-3-9(11)7(5-12)4-8(6)10/h3-4H,2H2,1H3. The molecule has 0 amide bonds. The summed E-state index contributed by atoms with van der Waals surface area (Å²) in [5.41, 5.74) is 0.0520. The van der Waals surface area contributed by atoms with Gasteiger partial charge in [0.2, 0.25) is 0 Å². The van der Waals surface area contributed by atoms with Crippen LogP contribution >= 0.6 is 0 Å². The highest BCUT2D eigenvalue weighted by Crippen LogP contribution is 2.14. The van der Waals surface area contributed by atoms with Crippen LogP contribution in [0, 0.1) is 23.0 Å². The lowest BCUT2D eigenvalue weighted by molar-refractivity contribution is 0.584. The maximum atomic E-state index is 12.9. The largest absolute Gasteiger partial charge is 0.207 e. The van der Waals surface area contributed by atoms with E-state index in [1.165, 1.54) is 0 Å². The van der Waals surface area contributed by atoms with Crippen molar-refractivity contribution in [1.82, 2.24) is 0 Å². The number of rotatable bonds is 1. The second-order valence-electron chi connectivity index (χ2n) is 2.39. The predicted octanol–water partition coefficient (Wildman–Crippen LogP) is 2.40. The summed E-state index contributed by atoms with van der Waals surface area (Å²) in [6, 6.07) is 3.56. The van der Waals surface area contributed by atoms with Crippen LogP contribution in [-0.4, -0.2) is 0 Å². The van der Waals surface area contributed by atoms with Crippen LogP contribution in [0.25, 0.3) is 0 Å². The van der Waals surface area contributed by atoms with Gasteiger partial charge in [-0.1, -0.05) is 6.92 Å². The Morgan fingerprint density at radius 2 is 2.00 bits per heavy atom. The first kappa shape index (κ1) is 8.66. The Labute approximate surface area is 69.2 Å². The molecule has 3 heteroatoms. The van der Waals surface area contributed by atoms with Crippen molar-refractivity contribution in [2.45, 2.75) is 13.3 Å². The van der Waals surface area contributed by atoms with Gasteiger partial charge in [-0.25, -0.2) is 8.78 Å². The summed E-state index contributed by atoms with van der Waals surface area (Å²) in [6.45, 7) is 1.73. The van der Waals surface area contributed by atoms with E-state index in [0.717, 1.165) is 12.1 Å². The average molecular weight is 167 g/mol. The molecule has 0 atom stereocenters. The van der Waals surface area contributed by atoms with Crippen molar-refractivity contribution in [1.29, 1.82) is 5.26 Å². The molecule has 1 aromatic carbocycles. The minimum absolute atomic E-state index is 0.246. The summed E-state index contributed by atoms with van der Waals surface area (Å²) in [7, 11) is 0. The fraction of sp³-hybridized carbons (Fsp3) is 0.222. The SMILES string of the molecule is CCc1cc(F)c(C#N)cc1F. The van der Waals surface area contributed by atoms with Gasteiger partial charge in [-0.15, -0.1) is 0 Å². The molecule has 0 radical (unpaired) electrons. The number of hydrogen-bond donors (Lipinski definition) is 0. The van der Waals surface area contributed by atoms with E-state index in [1.807, 2.05) is 0 Å². The highest BCUT2D eigenvalue weighted by molar-refractivity contribution is 5.34. The van der Waals surface area contributed by atoms with Gasteiger partial charge in [-0.2, -0.15) is 5.26 Å². The fourth-order valence-electron chi connectivity index (χ4n) is 0.945. The molecule has 0 N–H and O–H groups in total. The van der Waals surface area contributed by atoms with E-state index in [0.29, 0.717) is 12.0 Å². The molecule has 0 saturated heterocycles. The average Bonchev–Trinajstić information content (AvgIpc) is 2.08. The summed E-state index contributed by atoms with van der Waals surface area (Å²) in [5, 5.41) is 8.35. The molecule has 0 heterocycles. The Balaban J connectivity index is 3.28. The molecule has 1 rings (SSSR count). The highest BCUT2D eigenvalue weighted by Gasteiger charge is 2.07. The third-order valence-corrected chi connectivity index (χ3v) is 1.64. The Bertz CT molecular complexity index is 338. The molecule has 62 valence electrons. The van der Waals surface area contributed by atoms with Crippen molar-refractivity contribution < 1.29 is 8.78 Å². The Kier molecular flexibility index (Phi) is 2.39. The maximum Gasteiger partial charge on any atom is 0.141 e. The molecule has 0 aliphatic heterocycles. The van der Waals surface area contributed by atoms with Gasteiger partial charge in [0.15, 0.2) is 0 Å². The summed E-state index contributed by atoms with van der Waals surface area (Å²) in [4.78, 5) is 0. The van der Waals surface area contributed by atoms with Gasteiger partial charge < -0.3 is 0 Å². The van der Waals surface area contributed by atoms with Gasteiger partial charge in [0, 0.05) is 0 Å². The van der Waals surface area contributed by atoms with Gasteiger partial charge in [0.1, 0.15) is 17.7 Å². The molecule has 0 aromatic heterocycles. The van der Waals surface area contributed by atoms with E-state index in [9.17, 15) is 8.78 Å².